The molecule has 0 unspecified atom stereocenters. The summed E-state index contributed by atoms with van der Waals surface area (Å²) in [4.78, 5) is 11.2. The predicted octanol–water partition coefficient (Wildman–Crippen LogP) is 2.52. The van der Waals surface area contributed by atoms with Crippen LogP contribution >= 0.6 is 0 Å². The molecule has 21 heavy (non-hydrogen) atoms. The third kappa shape index (κ3) is 3.19. The summed E-state index contributed by atoms with van der Waals surface area (Å²) in [5.41, 5.74) is 7.67. The van der Waals surface area contributed by atoms with Crippen LogP contribution in [0.5, 0.6) is 0 Å². The lowest BCUT2D eigenvalue weighted by atomic mass is 10.1. The quantitative estimate of drug-likeness (QED) is 0.921. The summed E-state index contributed by atoms with van der Waals surface area (Å²) in [6.45, 7) is 3.72. The summed E-state index contributed by atoms with van der Waals surface area (Å²) in [6.07, 6.45) is 1.96. The number of hydrogen-bond donors (Lipinski definition) is 1. The van der Waals surface area contributed by atoms with E-state index in [4.69, 9.17) is 5.73 Å². The first-order valence-electron chi connectivity index (χ1n) is 7.24. The second-order valence-corrected chi connectivity index (χ2v) is 5.49. The molecular weight excluding hydrogens is 267 g/mol. The number of piperidine rings is 1. The summed E-state index contributed by atoms with van der Waals surface area (Å²) < 4.78 is 13.0. The maximum absolute atomic E-state index is 13.0. The number of benzene rings is 1. The molecule has 0 aliphatic carbocycles. The Morgan fingerprint density at radius 2 is 1.81 bits per heavy atom. The normalized spacial score (nSPS) is 16.2. The number of nitrogens with zero attached hydrogens (tertiary/aromatic N) is 3. The van der Waals surface area contributed by atoms with Gasteiger partial charge in [0.05, 0.1) is 5.69 Å². The second kappa shape index (κ2) is 5.77. The van der Waals surface area contributed by atoms with Crippen molar-refractivity contribution in [3.8, 4) is 11.3 Å². The Morgan fingerprint density at radius 3 is 2.48 bits per heavy atom. The average molecular weight is 286 g/mol. The van der Waals surface area contributed by atoms with Crippen molar-refractivity contribution >= 4 is 5.82 Å². The number of rotatable bonds is 2. The van der Waals surface area contributed by atoms with Crippen molar-refractivity contribution in [2.45, 2.75) is 25.8 Å². The Labute approximate surface area is 123 Å². The Hall–Kier alpha value is -2.01. The molecule has 3 rings (SSSR count). The molecule has 2 aromatic rings. The van der Waals surface area contributed by atoms with Gasteiger partial charge < -0.3 is 10.6 Å². The average Bonchev–Trinajstić information content (AvgIpc) is 2.48. The zero-order valence-electron chi connectivity index (χ0n) is 12.1. The van der Waals surface area contributed by atoms with E-state index < -0.39 is 0 Å². The highest BCUT2D eigenvalue weighted by Gasteiger charge is 2.18. The summed E-state index contributed by atoms with van der Waals surface area (Å²) in [7, 11) is 0. The molecule has 0 atom stereocenters. The molecule has 0 spiro atoms. The molecule has 2 heterocycles. The smallest absolute Gasteiger partial charge is 0.132 e. The highest BCUT2D eigenvalue weighted by molar-refractivity contribution is 5.63. The zero-order chi connectivity index (χ0) is 14.8. The van der Waals surface area contributed by atoms with Gasteiger partial charge in [-0.2, -0.15) is 0 Å². The molecule has 2 N–H and O–H groups in total. The lowest BCUT2D eigenvalue weighted by Gasteiger charge is -2.31. The van der Waals surface area contributed by atoms with Gasteiger partial charge in [-0.3, -0.25) is 0 Å². The summed E-state index contributed by atoms with van der Waals surface area (Å²) >= 11 is 0. The van der Waals surface area contributed by atoms with Crippen molar-refractivity contribution in [3.05, 3.63) is 42.0 Å². The number of nitrogens with two attached hydrogens (primary N) is 1. The molecule has 0 radical (unpaired) electrons. The van der Waals surface area contributed by atoms with Gasteiger partial charge in [0, 0.05) is 30.8 Å². The van der Waals surface area contributed by atoms with E-state index in [2.05, 4.69) is 14.9 Å². The van der Waals surface area contributed by atoms with Crippen LogP contribution in [-0.4, -0.2) is 29.1 Å². The van der Waals surface area contributed by atoms with Crippen LogP contribution in [0, 0.1) is 12.7 Å². The van der Waals surface area contributed by atoms with E-state index >= 15 is 0 Å². The molecular formula is C16H19FN4. The van der Waals surface area contributed by atoms with Crippen LogP contribution in [0.4, 0.5) is 10.2 Å². The molecule has 5 heteroatoms. The van der Waals surface area contributed by atoms with Crippen molar-refractivity contribution in [2.75, 3.05) is 18.0 Å². The summed E-state index contributed by atoms with van der Waals surface area (Å²) in [5.74, 6) is 1.41. The number of halogens is 1. The fraction of sp³-hybridized carbons (Fsp3) is 0.375. The molecule has 0 bridgehead atoms. The van der Waals surface area contributed by atoms with Gasteiger partial charge in [-0.1, -0.05) is 0 Å². The maximum atomic E-state index is 13.0. The Kier molecular flexibility index (Phi) is 3.84. The van der Waals surface area contributed by atoms with E-state index in [9.17, 15) is 4.39 Å². The van der Waals surface area contributed by atoms with Gasteiger partial charge in [-0.25, -0.2) is 14.4 Å². The number of hydrogen-bond acceptors (Lipinski definition) is 4. The van der Waals surface area contributed by atoms with E-state index in [1.807, 2.05) is 13.0 Å². The molecule has 1 aliphatic rings. The number of anilines is 1. The molecule has 1 aromatic heterocycles. The molecule has 1 aromatic carbocycles. The van der Waals surface area contributed by atoms with Crippen molar-refractivity contribution in [1.82, 2.24) is 9.97 Å². The lowest BCUT2D eigenvalue weighted by Crippen LogP contribution is -2.40. The van der Waals surface area contributed by atoms with E-state index in [1.54, 1.807) is 12.1 Å². The Balaban J connectivity index is 1.91. The standard InChI is InChI=1S/C16H19FN4/c1-11-19-15(12-2-4-13(17)5-3-12)10-16(20-11)21-8-6-14(18)7-9-21/h2-5,10,14H,6-9,18H2,1H3. The largest absolute Gasteiger partial charge is 0.356 e. The van der Waals surface area contributed by atoms with Crippen LogP contribution in [-0.2, 0) is 0 Å². The molecule has 0 saturated carbocycles. The first kappa shape index (κ1) is 13.9. The summed E-state index contributed by atoms with van der Waals surface area (Å²) in [5, 5.41) is 0. The van der Waals surface area contributed by atoms with Crippen LogP contribution in [0.1, 0.15) is 18.7 Å². The molecule has 4 nitrogen and oxygen atoms in total. The van der Waals surface area contributed by atoms with Crippen molar-refractivity contribution in [2.24, 2.45) is 5.73 Å². The Morgan fingerprint density at radius 1 is 1.14 bits per heavy atom. The minimum absolute atomic E-state index is 0.241. The van der Waals surface area contributed by atoms with Crippen LogP contribution in [0.15, 0.2) is 30.3 Å². The van der Waals surface area contributed by atoms with Crippen molar-refractivity contribution in [3.63, 3.8) is 0 Å². The molecule has 1 aliphatic heterocycles. The van der Waals surface area contributed by atoms with Gasteiger partial charge >= 0.3 is 0 Å². The third-order valence-electron chi connectivity index (χ3n) is 3.83. The van der Waals surface area contributed by atoms with Crippen LogP contribution in [0.3, 0.4) is 0 Å². The van der Waals surface area contributed by atoms with Gasteiger partial charge in [-0.15, -0.1) is 0 Å². The Bertz CT molecular complexity index is 619. The third-order valence-corrected chi connectivity index (χ3v) is 3.83. The van der Waals surface area contributed by atoms with E-state index in [0.717, 1.165) is 48.8 Å². The van der Waals surface area contributed by atoms with Crippen molar-refractivity contribution in [1.29, 1.82) is 0 Å². The number of aromatic nitrogens is 2. The van der Waals surface area contributed by atoms with Crippen molar-refractivity contribution < 1.29 is 4.39 Å². The fourth-order valence-electron chi connectivity index (χ4n) is 2.61. The minimum Gasteiger partial charge on any atom is -0.356 e. The highest BCUT2D eigenvalue weighted by Crippen LogP contribution is 2.24. The second-order valence-electron chi connectivity index (χ2n) is 5.49. The van der Waals surface area contributed by atoms with E-state index in [0.29, 0.717) is 6.04 Å². The molecule has 0 amide bonds. The topological polar surface area (TPSA) is 55.0 Å². The van der Waals surface area contributed by atoms with Crippen LogP contribution in [0.25, 0.3) is 11.3 Å². The molecule has 1 saturated heterocycles. The first-order chi connectivity index (χ1) is 10.1. The van der Waals surface area contributed by atoms with Gasteiger partial charge in [0.2, 0.25) is 0 Å². The van der Waals surface area contributed by atoms with E-state index in [1.165, 1.54) is 12.1 Å². The zero-order valence-corrected chi connectivity index (χ0v) is 12.1. The van der Waals surface area contributed by atoms with Gasteiger partial charge in [0.1, 0.15) is 17.5 Å². The van der Waals surface area contributed by atoms with Gasteiger partial charge in [0.25, 0.3) is 0 Å². The minimum atomic E-state index is -0.241. The first-order valence-corrected chi connectivity index (χ1v) is 7.24. The summed E-state index contributed by atoms with van der Waals surface area (Å²) in [6, 6.07) is 8.65. The van der Waals surface area contributed by atoms with Crippen LogP contribution < -0.4 is 10.6 Å². The van der Waals surface area contributed by atoms with Gasteiger partial charge in [-0.05, 0) is 44.0 Å². The molecule has 1 fully saturated rings. The fourth-order valence-corrected chi connectivity index (χ4v) is 2.61. The predicted molar refractivity (Wildman–Crippen MR) is 81.6 cm³/mol. The highest BCUT2D eigenvalue weighted by atomic mass is 19.1. The monoisotopic (exact) mass is 286 g/mol. The lowest BCUT2D eigenvalue weighted by molar-refractivity contribution is 0.498. The SMILES string of the molecule is Cc1nc(-c2ccc(F)cc2)cc(N2CCC(N)CC2)n1. The maximum Gasteiger partial charge on any atom is 0.132 e. The number of aryl methyl sites for hydroxylation is 1. The van der Waals surface area contributed by atoms with Crippen LogP contribution in [0.2, 0.25) is 0 Å². The van der Waals surface area contributed by atoms with Gasteiger partial charge in [0.15, 0.2) is 0 Å². The van der Waals surface area contributed by atoms with E-state index in [-0.39, 0.29) is 5.82 Å². The molecule has 110 valence electrons.